The average Bonchev–Trinajstić information content (AvgIpc) is 2.60. The van der Waals surface area contributed by atoms with Gasteiger partial charge in [-0.1, -0.05) is 26.0 Å². The summed E-state index contributed by atoms with van der Waals surface area (Å²) in [5.74, 6) is -2.19. The summed E-state index contributed by atoms with van der Waals surface area (Å²) in [6, 6.07) is 7.57. The molecular weight excluding hydrogens is 378 g/mol. The van der Waals surface area contributed by atoms with Crippen LogP contribution in [0.2, 0.25) is 0 Å². The number of sulfonamides is 1. The van der Waals surface area contributed by atoms with E-state index in [4.69, 9.17) is 4.74 Å². The van der Waals surface area contributed by atoms with E-state index in [-0.39, 0.29) is 5.92 Å². The Morgan fingerprint density at radius 3 is 2.52 bits per heavy atom. The summed E-state index contributed by atoms with van der Waals surface area (Å²) >= 11 is 0. The van der Waals surface area contributed by atoms with E-state index in [0.29, 0.717) is 17.9 Å². The largest absolute Gasteiger partial charge is 0.483 e. The van der Waals surface area contributed by atoms with Crippen LogP contribution in [0.15, 0.2) is 41.3 Å². The molecule has 0 heterocycles. The third-order valence-corrected chi connectivity index (χ3v) is 4.92. The topological polar surface area (TPSA) is 84.5 Å². The monoisotopic (exact) mass is 398 g/mol. The maximum atomic E-state index is 13.6. The van der Waals surface area contributed by atoms with Crippen molar-refractivity contribution in [1.82, 2.24) is 10.3 Å². The summed E-state index contributed by atoms with van der Waals surface area (Å²) in [5.41, 5.74) is 3.75. The van der Waals surface area contributed by atoms with Gasteiger partial charge in [0.15, 0.2) is 6.61 Å². The van der Waals surface area contributed by atoms with E-state index in [2.05, 4.69) is 0 Å². The molecule has 0 saturated carbocycles. The summed E-state index contributed by atoms with van der Waals surface area (Å²) in [6.07, 6.45) is 0. The summed E-state index contributed by atoms with van der Waals surface area (Å²) in [7, 11) is -4.47. The lowest BCUT2D eigenvalue weighted by Crippen LogP contribution is -2.44. The van der Waals surface area contributed by atoms with Crippen molar-refractivity contribution in [2.45, 2.75) is 31.6 Å². The highest BCUT2D eigenvalue weighted by atomic mass is 32.2. The van der Waals surface area contributed by atoms with E-state index < -0.39 is 39.1 Å². The van der Waals surface area contributed by atoms with E-state index in [1.165, 1.54) is 0 Å². The maximum Gasteiger partial charge on any atom is 0.272 e. The van der Waals surface area contributed by atoms with Gasteiger partial charge in [-0.2, -0.15) is 0 Å². The number of halogens is 2. The van der Waals surface area contributed by atoms with Gasteiger partial charge >= 0.3 is 0 Å². The Bertz CT molecular complexity index is 946. The molecule has 0 aromatic heterocycles. The first-order valence-electron chi connectivity index (χ1n) is 8.09. The highest BCUT2D eigenvalue weighted by Gasteiger charge is 2.21. The van der Waals surface area contributed by atoms with Gasteiger partial charge in [0, 0.05) is 0 Å². The van der Waals surface area contributed by atoms with E-state index >= 15 is 0 Å². The fraction of sp³-hybridized carbons (Fsp3) is 0.278. The van der Waals surface area contributed by atoms with Crippen molar-refractivity contribution >= 4 is 15.9 Å². The van der Waals surface area contributed by atoms with Crippen LogP contribution in [0.3, 0.4) is 0 Å². The first-order chi connectivity index (χ1) is 12.6. The second kappa shape index (κ2) is 8.45. The minimum absolute atomic E-state index is 0.165. The molecule has 146 valence electrons. The Kier molecular flexibility index (Phi) is 6.50. The number of nitrogens with one attached hydrogen (secondary N) is 2. The Labute approximate surface area is 156 Å². The lowest BCUT2D eigenvalue weighted by atomic mass is 10.0. The Hall–Kier alpha value is -2.52. The summed E-state index contributed by atoms with van der Waals surface area (Å²) in [6.45, 7) is 5.36. The SMILES string of the molecule is Cc1ccc(C(C)C)c(OCC(=O)NNS(=O)(=O)c2cc(F)ccc2F)c1. The molecule has 0 aliphatic heterocycles. The number of hydrogen-bond acceptors (Lipinski definition) is 4. The fourth-order valence-electron chi connectivity index (χ4n) is 2.29. The molecule has 0 atom stereocenters. The summed E-state index contributed by atoms with van der Waals surface area (Å²) in [4.78, 5) is 12.7. The molecule has 6 nitrogen and oxygen atoms in total. The minimum atomic E-state index is -4.47. The van der Waals surface area contributed by atoms with Crippen molar-refractivity contribution in [1.29, 1.82) is 0 Å². The second-order valence-electron chi connectivity index (χ2n) is 6.21. The highest BCUT2D eigenvalue weighted by Crippen LogP contribution is 2.27. The smallest absolute Gasteiger partial charge is 0.272 e. The Morgan fingerprint density at radius 2 is 1.85 bits per heavy atom. The van der Waals surface area contributed by atoms with Crippen LogP contribution in [-0.4, -0.2) is 20.9 Å². The Balaban J connectivity index is 2.01. The lowest BCUT2D eigenvalue weighted by Gasteiger charge is -2.15. The normalized spacial score (nSPS) is 11.5. The third-order valence-electron chi connectivity index (χ3n) is 3.66. The van der Waals surface area contributed by atoms with Gasteiger partial charge in [0.1, 0.15) is 22.3 Å². The number of carbonyl (C=O) groups excluding carboxylic acids is 1. The molecule has 0 aliphatic carbocycles. The quantitative estimate of drug-likeness (QED) is 0.703. The number of ether oxygens (including phenoxy) is 1. The molecule has 1 amide bonds. The van der Waals surface area contributed by atoms with E-state index in [1.54, 1.807) is 10.9 Å². The molecule has 0 saturated heterocycles. The average molecular weight is 398 g/mol. The molecule has 0 bridgehead atoms. The van der Waals surface area contributed by atoms with Crippen molar-refractivity contribution in [2.24, 2.45) is 0 Å². The molecule has 0 fully saturated rings. The van der Waals surface area contributed by atoms with Gasteiger partial charge in [-0.15, -0.1) is 4.83 Å². The second-order valence-corrected chi connectivity index (χ2v) is 7.86. The first kappa shape index (κ1) is 20.8. The number of benzene rings is 2. The zero-order valence-corrected chi connectivity index (χ0v) is 15.9. The van der Waals surface area contributed by atoms with Crippen LogP contribution in [0.1, 0.15) is 30.9 Å². The van der Waals surface area contributed by atoms with Crippen molar-refractivity contribution < 1.29 is 26.7 Å². The zero-order chi connectivity index (χ0) is 20.2. The van der Waals surface area contributed by atoms with Gasteiger partial charge in [-0.05, 0) is 48.2 Å². The number of rotatable bonds is 7. The molecule has 0 unspecified atom stereocenters. The summed E-state index contributed by atoms with van der Waals surface area (Å²) < 4.78 is 56.2. The molecule has 2 rings (SSSR count). The van der Waals surface area contributed by atoms with Crippen molar-refractivity contribution in [3.05, 3.63) is 59.2 Å². The standard InChI is InChI=1S/C18H20F2N2O4S/c1-11(2)14-6-4-12(3)8-16(14)26-10-18(23)21-22-27(24,25)17-9-13(19)5-7-15(17)20/h4-9,11,22H,10H2,1-3H3,(H,21,23). The van der Waals surface area contributed by atoms with Gasteiger partial charge in [0.25, 0.3) is 15.9 Å². The molecule has 0 spiro atoms. The fourth-order valence-corrected chi connectivity index (χ4v) is 3.24. The zero-order valence-electron chi connectivity index (χ0n) is 15.0. The van der Waals surface area contributed by atoms with Gasteiger partial charge in [0.05, 0.1) is 0 Å². The minimum Gasteiger partial charge on any atom is -0.483 e. The third kappa shape index (κ3) is 5.48. The first-order valence-corrected chi connectivity index (χ1v) is 9.57. The van der Waals surface area contributed by atoms with Crippen LogP contribution in [0.25, 0.3) is 0 Å². The number of carbonyl (C=O) groups is 1. The molecule has 0 aliphatic rings. The van der Waals surface area contributed by atoms with Crippen LogP contribution in [-0.2, 0) is 14.8 Å². The molecule has 9 heteroatoms. The van der Waals surface area contributed by atoms with Gasteiger partial charge in [-0.3, -0.25) is 10.2 Å². The number of aryl methyl sites for hydroxylation is 1. The van der Waals surface area contributed by atoms with Crippen molar-refractivity contribution in [3.63, 3.8) is 0 Å². The van der Waals surface area contributed by atoms with E-state index in [1.807, 2.05) is 38.3 Å². The summed E-state index contributed by atoms with van der Waals surface area (Å²) in [5, 5.41) is 0. The maximum absolute atomic E-state index is 13.6. The molecule has 0 radical (unpaired) electrons. The molecule has 2 N–H and O–H groups in total. The van der Waals surface area contributed by atoms with Gasteiger partial charge in [-0.25, -0.2) is 17.2 Å². The van der Waals surface area contributed by atoms with Crippen LogP contribution < -0.4 is 15.0 Å². The van der Waals surface area contributed by atoms with Crippen LogP contribution in [0.5, 0.6) is 5.75 Å². The van der Waals surface area contributed by atoms with E-state index in [9.17, 15) is 22.0 Å². The van der Waals surface area contributed by atoms with Crippen molar-refractivity contribution in [3.8, 4) is 5.75 Å². The number of hydrogen-bond donors (Lipinski definition) is 2. The van der Waals surface area contributed by atoms with Crippen LogP contribution in [0, 0.1) is 18.6 Å². The number of hydrazine groups is 1. The van der Waals surface area contributed by atoms with Gasteiger partial charge < -0.3 is 4.74 Å². The van der Waals surface area contributed by atoms with Gasteiger partial charge in [0.2, 0.25) is 0 Å². The predicted octanol–water partition coefficient (Wildman–Crippen LogP) is 2.79. The molecule has 2 aromatic carbocycles. The molecule has 27 heavy (non-hydrogen) atoms. The van der Waals surface area contributed by atoms with Crippen LogP contribution in [0.4, 0.5) is 8.78 Å². The molecule has 2 aromatic rings. The van der Waals surface area contributed by atoms with Crippen molar-refractivity contribution in [2.75, 3.05) is 6.61 Å². The number of amides is 1. The van der Waals surface area contributed by atoms with E-state index in [0.717, 1.165) is 17.2 Å². The predicted molar refractivity (Wildman–Crippen MR) is 95.6 cm³/mol. The highest BCUT2D eigenvalue weighted by molar-refractivity contribution is 7.89. The Morgan fingerprint density at radius 1 is 1.15 bits per heavy atom. The van der Waals surface area contributed by atoms with Crippen LogP contribution >= 0.6 is 0 Å². The molecular formula is C18H20F2N2O4S. The lowest BCUT2D eigenvalue weighted by molar-refractivity contribution is -0.123.